The Labute approximate surface area is 140 Å². The number of Topliss-reactive ketones (excluding diaryl/α,β-unsaturated/α-hetero) is 1. The van der Waals surface area contributed by atoms with Crippen LogP contribution in [0.4, 0.5) is 0 Å². The van der Waals surface area contributed by atoms with Crippen LogP contribution in [-0.2, 0) is 4.79 Å². The Morgan fingerprint density at radius 3 is 2.43 bits per heavy atom. The normalized spacial score (nSPS) is 42.9. The van der Waals surface area contributed by atoms with Crippen LogP contribution in [0.1, 0.15) is 66.2 Å². The fourth-order valence-corrected chi connectivity index (χ4v) is 5.21. The number of rotatable bonds is 4. The van der Waals surface area contributed by atoms with E-state index in [1.54, 1.807) is 13.0 Å². The molecule has 4 atom stereocenters. The Kier molecular flexibility index (Phi) is 4.45. The summed E-state index contributed by atoms with van der Waals surface area (Å²) in [6.45, 7) is 15.6. The van der Waals surface area contributed by atoms with Crippen LogP contribution in [0.5, 0.6) is 0 Å². The standard InChI is InChI=1S/C20H32O3/c1-7-14(2)8-13-20(23)18(5,22)12-9-15-17(3,4)11-10-16(21)19(15,20)6/h7,15,22-23H,1-2,8-13H2,3-6H3/t15-,18-,19+,20+/m1/s1. The summed E-state index contributed by atoms with van der Waals surface area (Å²) >= 11 is 0. The van der Waals surface area contributed by atoms with Gasteiger partial charge in [-0.05, 0) is 57.3 Å². The number of fused-ring (bicyclic) bond motifs is 1. The molecule has 0 spiro atoms. The van der Waals surface area contributed by atoms with Crippen molar-refractivity contribution in [3.63, 3.8) is 0 Å². The highest BCUT2D eigenvalue weighted by Crippen LogP contribution is 2.63. The molecule has 0 radical (unpaired) electrons. The molecule has 2 N–H and O–H groups in total. The van der Waals surface area contributed by atoms with E-state index in [1.807, 2.05) is 6.92 Å². The number of hydrogen-bond donors (Lipinski definition) is 2. The van der Waals surface area contributed by atoms with Gasteiger partial charge in [-0.1, -0.05) is 38.7 Å². The molecule has 0 amide bonds. The maximum atomic E-state index is 12.9. The van der Waals surface area contributed by atoms with E-state index in [-0.39, 0.29) is 17.1 Å². The molecule has 23 heavy (non-hydrogen) atoms. The van der Waals surface area contributed by atoms with Crippen molar-refractivity contribution in [2.45, 2.75) is 77.4 Å². The summed E-state index contributed by atoms with van der Waals surface area (Å²) < 4.78 is 0. The highest BCUT2D eigenvalue weighted by molar-refractivity contribution is 5.87. The minimum Gasteiger partial charge on any atom is -0.387 e. The van der Waals surface area contributed by atoms with Crippen LogP contribution in [0.3, 0.4) is 0 Å². The first-order chi connectivity index (χ1) is 10.4. The Morgan fingerprint density at radius 1 is 1.26 bits per heavy atom. The molecule has 0 saturated heterocycles. The zero-order chi connectivity index (χ0) is 17.7. The average Bonchev–Trinajstić information content (AvgIpc) is 2.46. The summed E-state index contributed by atoms with van der Waals surface area (Å²) in [5.41, 5.74) is -2.82. The van der Waals surface area contributed by atoms with E-state index in [9.17, 15) is 15.0 Å². The lowest BCUT2D eigenvalue weighted by Gasteiger charge is -2.64. The van der Waals surface area contributed by atoms with Gasteiger partial charge in [0.2, 0.25) is 0 Å². The van der Waals surface area contributed by atoms with Gasteiger partial charge in [-0.2, -0.15) is 0 Å². The molecule has 0 aromatic rings. The van der Waals surface area contributed by atoms with E-state index in [1.165, 1.54) is 0 Å². The van der Waals surface area contributed by atoms with Crippen molar-refractivity contribution in [2.75, 3.05) is 0 Å². The molecule has 2 aliphatic rings. The molecule has 2 fully saturated rings. The Balaban J connectivity index is 2.51. The molecule has 2 aliphatic carbocycles. The molecule has 0 heterocycles. The Morgan fingerprint density at radius 2 is 1.87 bits per heavy atom. The molecule has 2 rings (SSSR count). The van der Waals surface area contributed by atoms with Crippen LogP contribution < -0.4 is 0 Å². The fraction of sp³-hybridized carbons (Fsp3) is 0.750. The van der Waals surface area contributed by atoms with Gasteiger partial charge >= 0.3 is 0 Å². The Hall–Kier alpha value is -0.930. The van der Waals surface area contributed by atoms with Crippen LogP contribution in [0.15, 0.2) is 24.8 Å². The molecule has 0 aromatic heterocycles. The van der Waals surface area contributed by atoms with E-state index < -0.39 is 16.6 Å². The zero-order valence-corrected chi connectivity index (χ0v) is 15.1. The molecule has 2 saturated carbocycles. The van der Waals surface area contributed by atoms with Crippen LogP contribution in [0.25, 0.3) is 0 Å². The lowest BCUT2D eigenvalue weighted by Crippen LogP contribution is -2.72. The van der Waals surface area contributed by atoms with Gasteiger partial charge in [-0.3, -0.25) is 4.79 Å². The molecule has 0 bridgehead atoms. The molecular weight excluding hydrogens is 288 g/mol. The Bertz CT molecular complexity index is 531. The number of ketones is 1. The third-order valence-electron chi connectivity index (χ3n) is 6.98. The molecular formula is C20H32O3. The summed E-state index contributed by atoms with van der Waals surface area (Å²) in [5, 5.41) is 22.7. The van der Waals surface area contributed by atoms with Gasteiger partial charge in [-0.15, -0.1) is 0 Å². The maximum Gasteiger partial charge on any atom is 0.142 e. The van der Waals surface area contributed by atoms with Crippen molar-refractivity contribution in [3.05, 3.63) is 24.8 Å². The molecule has 0 unspecified atom stereocenters. The van der Waals surface area contributed by atoms with Gasteiger partial charge in [0.05, 0.1) is 11.0 Å². The summed E-state index contributed by atoms with van der Waals surface area (Å²) in [6, 6.07) is 0. The van der Waals surface area contributed by atoms with E-state index in [4.69, 9.17) is 0 Å². The van der Waals surface area contributed by atoms with Crippen LogP contribution in [0, 0.1) is 16.7 Å². The lowest BCUT2D eigenvalue weighted by atomic mass is 9.42. The highest BCUT2D eigenvalue weighted by atomic mass is 16.4. The zero-order valence-electron chi connectivity index (χ0n) is 15.1. The molecule has 3 nitrogen and oxygen atoms in total. The number of carbonyl (C=O) groups excluding carboxylic acids is 1. The molecule has 0 aliphatic heterocycles. The minimum atomic E-state index is -1.44. The summed E-state index contributed by atoms with van der Waals surface area (Å²) in [4.78, 5) is 12.9. The predicted molar refractivity (Wildman–Crippen MR) is 93.0 cm³/mol. The topological polar surface area (TPSA) is 57.5 Å². The summed E-state index contributed by atoms with van der Waals surface area (Å²) in [5.74, 6) is 0.173. The average molecular weight is 320 g/mol. The maximum absolute atomic E-state index is 12.9. The first kappa shape index (κ1) is 18.4. The van der Waals surface area contributed by atoms with Gasteiger partial charge < -0.3 is 10.2 Å². The highest BCUT2D eigenvalue weighted by Gasteiger charge is 2.69. The van der Waals surface area contributed by atoms with Crippen LogP contribution in [0.2, 0.25) is 0 Å². The van der Waals surface area contributed by atoms with Crippen molar-refractivity contribution < 1.29 is 15.0 Å². The minimum absolute atomic E-state index is 0.0113. The first-order valence-electron chi connectivity index (χ1n) is 8.71. The van der Waals surface area contributed by atoms with E-state index >= 15 is 0 Å². The second-order valence-corrected chi connectivity index (χ2v) is 8.70. The van der Waals surface area contributed by atoms with E-state index in [0.717, 1.165) is 18.4 Å². The van der Waals surface area contributed by atoms with Gasteiger partial charge in [0.1, 0.15) is 11.4 Å². The van der Waals surface area contributed by atoms with Crippen molar-refractivity contribution in [1.82, 2.24) is 0 Å². The molecule has 0 aromatic carbocycles. The van der Waals surface area contributed by atoms with E-state index in [2.05, 4.69) is 27.0 Å². The van der Waals surface area contributed by atoms with E-state index in [0.29, 0.717) is 25.7 Å². The van der Waals surface area contributed by atoms with Gasteiger partial charge in [0.15, 0.2) is 0 Å². The SMILES string of the molecule is C=CC(=C)CC[C@]1(O)[C@](C)(O)CC[C@@H]2C(C)(C)CCC(=O)[C@]21C. The van der Waals surface area contributed by atoms with Crippen molar-refractivity contribution >= 4 is 5.78 Å². The number of carbonyl (C=O) groups is 1. The monoisotopic (exact) mass is 320 g/mol. The summed E-state index contributed by atoms with van der Waals surface area (Å²) in [6.07, 6.45) is 5.15. The third kappa shape index (κ3) is 2.53. The quantitative estimate of drug-likeness (QED) is 0.775. The number of aliphatic hydroxyl groups is 2. The van der Waals surface area contributed by atoms with Crippen molar-refractivity contribution in [2.24, 2.45) is 16.7 Å². The largest absolute Gasteiger partial charge is 0.387 e. The van der Waals surface area contributed by atoms with Gasteiger partial charge in [-0.25, -0.2) is 0 Å². The smallest absolute Gasteiger partial charge is 0.142 e. The van der Waals surface area contributed by atoms with Gasteiger partial charge in [0.25, 0.3) is 0 Å². The second-order valence-electron chi connectivity index (χ2n) is 8.70. The number of allylic oxidation sites excluding steroid dienone is 2. The summed E-state index contributed by atoms with van der Waals surface area (Å²) in [7, 11) is 0. The second kappa shape index (κ2) is 5.56. The first-order valence-corrected chi connectivity index (χ1v) is 8.71. The van der Waals surface area contributed by atoms with Crippen molar-refractivity contribution in [3.8, 4) is 0 Å². The third-order valence-corrected chi connectivity index (χ3v) is 6.98. The lowest BCUT2D eigenvalue weighted by molar-refractivity contribution is -0.261. The van der Waals surface area contributed by atoms with Crippen LogP contribution in [-0.4, -0.2) is 27.2 Å². The van der Waals surface area contributed by atoms with Crippen molar-refractivity contribution in [1.29, 1.82) is 0 Å². The fourth-order valence-electron chi connectivity index (χ4n) is 5.21. The number of hydrogen-bond acceptors (Lipinski definition) is 3. The van der Waals surface area contributed by atoms with Crippen LogP contribution >= 0.6 is 0 Å². The van der Waals surface area contributed by atoms with Gasteiger partial charge in [0, 0.05) is 6.42 Å². The molecule has 3 heteroatoms. The predicted octanol–water partition coefficient (Wildman–Crippen LogP) is 3.80. The molecule has 130 valence electrons.